The van der Waals surface area contributed by atoms with Crippen molar-refractivity contribution < 1.29 is 9.59 Å². The zero-order valence-corrected chi connectivity index (χ0v) is 25.6. The molecule has 4 nitrogen and oxygen atoms in total. The molecule has 2 N–H and O–H groups in total. The second-order valence-electron chi connectivity index (χ2n) is 11.5. The normalized spacial score (nSPS) is 12.9. The fourth-order valence-corrected chi connectivity index (χ4v) is 6.47. The van der Waals surface area contributed by atoms with Crippen LogP contribution in [-0.2, 0) is 15.0 Å². The van der Waals surface area contributed by atoms with Gasteiger partial charge in [0.05, 0.1) is 5.41 Å². The summed E-state index contributed by atoms with van der Waals surface area (Å²) in [5.74, 6) is -0.381. The van der Waals surface area contributed by atoms with Crippen molar-refractivity contribution in [1.82, 2.24) is 0 Å². The van der Waals surface area contributed by atoms with Gasteiger partial charge in [0.25, 0.3) is 0 Å². The van der Waals surface area contributed by atoms with Gasteiger partial charge in [-0.05, 0) is 80.9 Å². The van der Waals surface area contributed by atoms with Crippen LogP contribution >= 0.6 is 0 Å². The zero-order chi connectivity index (χ0) is 32.1. The maximum Gasteiger partial charge on any atom is 0.248 e. The Morgan fingerprint density at radius 3 is 1.19 bits per heavy atom. The van der Waals surface area contributed by atoms with Gasteiger partial charge in [-0.25, -0.2) is 0 Å². The number of fused-ring (bicyclic) bond motifs is 3. The average Bonchev–Trinajstić information content (AvgIpc) is 3.43. The Hall–Kier alpha value is -6.26. The molecule has 7 rings (SSSR count). The molecule has 4 heteroatoms. The second kappa shape index (κ2) is 13.0. The summed E-state index contributed by atoms with van der Waals surface area (Å²) in [7, 11) is 0. The van der Waals surface area contributed by atoms with Crippen LogP contribution in [0.2, 0.25) is 0 Å². The molecule has 0 atom stereocenters. The average molecular weight is 609 g/mol. The number of amides is 2. The van der Waals surface area contributed by atoms with E-state index in [0.29, 0.717) is 11.4 Å². The van der Waals surface area contributed by atoms with Gasteiger partial charge in [-0.15, -0.1) is 0 Å². The second-order valence-corrected chi connectivity index (χ2v) is 11.5. The molecule has 0 saturated carbocycles. The molecular formula is C43H32N2O2. The van der Waals surface area contributed by atoms with Crippen molar-refractivity contribution in [3.63, 3.8) is 0 Å². The quantitative estimate of drug-likeness (QED) is 0.169. The molecule has 1 aliphatic carbocycles. The first-order chi connectivity index (χ1) is 23.1. The fourth-order valence-electron chi connectivity index (χ4n) is 6.47. The Morgan fingerprint density at radius 1 is 0.426 bits per heavy atom. The molecule has 2 amide bonds. The standard InChI is InChI=1S/C43H32N2O2/c46-41(29-19-31-11-3-1-4-12-31)44-35-25-21-33(22-26-35)43(39-17-9-7-15-37(39)38-16-8-10-18-40(38)43)34-23-27-36(28-24-34)45-42(47)30-20-32-13-5-2-6-14-32/h1-30H,(H,44,46)(H,45,47)/b29-19+,30-20+. The van der Waals surface area contributed by atoms with E-state index < -0.39 is 5.41 Å². The van der Waals surface area contributed by atoms with Crippen molar-refractivity contribution in [3.8, 4) is 11.1 Å². The summed E-state index contributed by atoms with van der Waals surface area (Å²) in [4.78, 5) is 25.5. The number of hydrogen-bond donors (Lipinski definition) is 2. The van der Waals surface area contributed by atoms with Crippen molar-refractivity contribution in [2.75, 3.05) is 10.6 Å². The predicted molar refractivity (Wildman–Crippen MR) is 192 cm³/mol. The van der Waals surface area contributed by atoms with Crippen LogP contribution in [0.25, 0.3) is 23.3 Å². The minimum atomic E-state index is -0.599. The van der Waals surface area contributed by atoms with E-state index in [4.69, 9.17) is 0 Å². The molecule has 0 aromatic heterocycles. The van der Waals surface area contributed by atoms with Crippen molar-refractivity contribution in [1.29, 1.82) is 0 Å². The van der Waals surface area contributed by atoms with Gasteiger partial charge in [0, 0.05) is 23.5 Å². The minimum Gasteiger partial charge on any atom is -0.323 e. The van der Waals surface area contributed by atoms with Gasteiger partial charge in [-0.1, -0.05) is 133 Å². The SMILES string of the molecule is O=C(/C=C/c1ccccc1)Nc1ccc(C2(c3ccc(NC(=O)/C=C/c4ccccc4)cc3)c3ccccc3-c3ccccc32)cc1. The number of benzene rings is 6. The first-order valence-electron chi connectivity index (χ1n) is 15.6. The van der Waals surface area contributed by atoms with Crippen LogP contribution in [0.15, 0.2) is 170 Å². The molecule has 0 spiro atoms. The summed E-state index contributed by atoms with van der Waals surface area (Å²) in [6.07, 6.45) is 6.70. The molecule has 6 aromatic rings. The van der Waals surface area contributed by atoms with Crippen LogP contribution in [0.5, 0.6) is 0 Å². The zero-order valence-electron chi connectivity index (χ0n) is 25.6. The van der Waals surface area contributed by atoms with Gasteiger partial charge in [-0.2, -0.15) is 0 Å². The van der Waals surface area contributed by atoms with E-state index in [9.17, 15) is 9.59 Å². The highest BCUT2D eigenvalue weighted by atomic mass is 16.2. The van der Waals surface area contributed by atoms with Crippen LogP contribution in [-0.4, -0.2) is 11.8 Å². The lowest BCUT2D eigenvalue weighted by Gasteiger charge is -2.34. The summed E-state index contributed by atoms with van der Waals surface area (Å²) in [6, 6.07) is 52.8. The van der Waals surface area contributed by atoms with Crippen LogP contribution in [0, 0.1) is 0 Å². The van der Waals surface area contributed by atoms with Crippen molar-refractivity contribution in [2.45, 2.75) is 5.41 Å². The minimum absolute atomic E-state index is 0.191. The van der Waals surface area contributed by atoms with E-state index in [1.54, 1.807) is 24.3 Å². The summed E-state index contributed by atoms with van der Waals surface area (Å²) >= 11 is 0. The molecule has 0 unspecified atom stereocenters. The Labute approximate surface area is 274 Å². The summed E-state index contributed by atoms with van der Waals surface area (Å²) in [6.45, 7) is 0. The van der Waals surface area contributed by atoms with Crippen molar-refractivity contribution >= 4 is 35.3 Å². The number of carbonyl (C=O) groups is 2. The Morgan fingerprint density at radius 2 is 0.787 bits per heavy atom. The first kappa shape index (κ1) is 29.5. The lowest BCUT2D eigenvalue weighted by Crippen LogP contribution is -2.28. The maximum atomic E-state index is 12.7. The molecule has 0 bridgehead atoms. The molecule has 0 heterocycles. The third-order valence-corrected chi connectivity index (χ3v) is 8.58. The Balaban J connectivity index is 1.22. The van der Waals surface area contributed by atoms with E-state index in [1.807, 2.05) is 84.9 Å². The fraction of sp³-hybridized carbons (Fsp3) is 0.0233. The molecule has 1 aliphatic rings. The molecular weight excluding hydrogens is 576 g/mol. The van der Waals surface area contributed by atoms with Gasteiger partial charge in [-0.3, -0.25) is 9.59 Å². The summed E-state index contributed by atoms with van der Waals surface area (Å²) < 4.78 is 0. The third kappa shape index (κ3) is 5.92. The molecule has 0 aliphatic heterocycles. The molecule has 47 heavy (non-hydrogen) atoms. The molecule has 0 fully saturated rings. The van der Waals surface area contributed by atoms with Gasteiger partial charge >= 0.3 is 0 Å². The third-order valence-electron chi connectivity index (χ3n) is 8.58. The lowest BCUT2D eigenvalue weighted by atomic mass is 9.67. The first-order valence-corrected chi connectivity index (χ1v) is 15.6. The number of rotatable bonds is 8. The van der Waals surface area contributed by atoms with E-state index in [0.717, 1.165) is 22.3 Å². The topological polar surface area (TPSA) is 58.2 Å². The van der Waals surface area contributed by atoms with Gasteiger partial charge in [0.1, 0.15) is 0 Å². The number of anilines is 2. The molecule has 6 aromatic carbocycles. The predicted octanol–water partition coefficient (Wildman–Crippen LogP) is 9.35. The van der Waals surface area contributed by atoms with E-state index in [-0.39, 0.29) is 11.8 Å². The van der Waals surface area contributed by atoms with Gasteiger partial charge in [0.15, 0.2) is 0 Å². The number of hydrogen-bond acceptors (Lipinski definition) is 2. The van der Waals surface area contributed by atoms with Crippen LogP contribution in [0.4, 0.5) is 11.4 Å². The van der Waals surface area contributed by atoms with Crippen LogP contribution in [0.1, 0.15) is 33.4 Å². The smallest absolute Gasteiger partial charge is 0.248 e. The lowest BCUT2D eigenvalue weighted by molar-refractivity contribution is -0.112. The molecule has 226 valence electrons. The summed E-state index contributed by atoms with van der Waals surface area (Å²) in [5, 5.41) is 5.99. The van der Waals surface area contributed by atoms with Gasteiger partial charge in [0.2, 0.25) is 11.8 Å². The van der Waals surface area contributed by atoms with E-state index in [1.165, 1.54) is 22.3 Å². The molecule has 0 saturated heterocycles. The highest BCUT2D eigenvalue weighted by Gasteiger charge is 2.45. The van der Waals surface area contributed by atoms with Crippen LogP contribution < -0.4 is 10.6 Å². The highest BCUT2D eigenvalue weighted by molar-refractivity contribution is 6.02. The van der Waals surface area contributed by atoms with E-state index >= 15 is 0 Å². The Bertz CT molecular complexity index is 1940. The van der Waals surface area contributed by atoms with Gasteiger partial charge < -0.3 is 10.6 Å². The van der Waals surface area contributed by atoms with Crippen molar-refractivity contribution in [2.24, 2.45) is 0 Å². The summed E-state index contributed by atoms with van der Waals surface area (Å²) in [5.41, 5.74) is 9.67. The van der Waals surface area contributed by atoms with E-state index in [2.05, 4.69) is 83.4 Å². The van der Waals surface area contributed by atoms with Crippen LogP contribution in [0.3, 0.4) is 0 Å². The maximum absolute atomic E-state index is 12.7. The number of nitrogens with one attached hydrogen (secondary N) is 2. The highest BCUT2D eigenvalue weighted by Crippen LogP contribution is 2.56. The number of carbonyl (C=O) groups excluding carboxylic acids is 2. The van der Waals surface area contributed by atoms with Crippen molar-refractivity contribution in [3.05, 3.63) is 203 Å². The Kier molecular flexibility index (Phi) is 8.14. The monoisotopic (exact) mass is 608 g/mol. The molecule has 0 radical (unpaired) electrons. The largest absolute Gasteiger partial charge is 0.323 e.